The first-order chi connectivity index (χ1) is 9.04. The zero-order chi connectivity index (χ0) is 13.7. The van der Waals surface area contributed by atoms with Crippen molar-refractivity contribution >= 4 is 0 Å². The molecule has 0 atom stereocenters. The summed E-state index contributed by atoms with van der Waals surface area (Å²) in [6.07, 6.45) is 11.1. The van der Waals surface area contributed by atoms with E-state index in [-0.39, 0.29) is 5.54 Å². The second kappa shape index (κ2) is 6.56. The average molecular weight is 263 g/mol. The Kier molecular flexibility index (Phi) is 5.03. The highest BCUT2D eigenvalue weighted by molar-refractivity contribution is 5.00. The van der Waals surface area contributed by atoms with Crippen LogP contribution in [0.5, 0.6) is 0 Å². The lowest BCUT2D eigenvalue weighted by atomic mass is 10.1. The van der Waals surface area contributed by atoms with Gasteiger partial charge in [0.05, 0.1) is 11.7 Å². The maximum Gasteiger partial charge on any atom is 0.0624 e. The Labute approximate surface area is 117 Å². The highest BCUT2D eigenvalue weighted by atomic mass is 15.3. The highest BCUT2D eigenvalue weighted by Crippen LogP contribution is 2.28. The van der Waals surface area contributed by atoms with E-state index in [1.165, 1.54) is 44.2 Å². The molecule has 3 heteroatoms. The van der Waals surface area contributed by atoms with E-state index < -0.39 is 0 Å². The van der Waals surface area contributed by atoms with Gasteiger partial charge in [-0.05, 0) is 65.5 Å². The first-order valence-electron chi connectivity index (χ1n) is 7.84. The molecule has 19 heavy (non-hydrogen) atoms. The maximum absolute atomic E-state index is 4.73. The van der Waals surface area contributed by atoms with Crippen molar-refractivity contribution in [3.63, 3.8) is 0 Å². The number of aromatic nitrogens is 2. The van der Waals surface area contributed by atoms with Crippen LogP contribution in [0.25, 0.3) is 0 Å². The van der Waals surface area contributed by atoms with E-state index in [4.69, 9.17) is 5.10 Å². The molecule has 1 saturated carbocycles. The van der Waals surface area contributed by atoms with Gasteiger partial charge in [0.1, 0.15) is 0 Å². The predicted molar refractivity (Wildman–Crippen MR) is 80.4 cm³/mol. The molecule has 0 unspecified atom stereocenters. The Morgan fingerprint density at radius 3 is 2.68 bits per heavy atom. The molecule has 0 aromatic carbocycles. The molecule has 0 saturated heterocycles. The van der Waals surface area contributed by atoms with Crippen LogP contribution in [-0.4, -0.2) is 21.9 Å². The van der Waals surface area contributed by atoms with Gasteiger partial charge in [0, 0.05) is 11.7 Å². The minimum Gasteiger partial charge on any atom is -0.312 e. The van der Waals surface area contributed by atoms with Crippen LogP contribution < -0.4 is 5.32 Å². The summed E-state index contributed by atoms with van der Waals surface area (Å²) in [7, 11) is 0. The summed E-state index contributed by atoms with van der Waals surface area (Å²) in [5.41, 5.74) is 1.51. The molecule has 0 amide bonds. The van der Waals surface area contributed by atoms with Gasteiger partial charge in [0.25, 0.3) is 0 Å². The van der Waals surface area contributed by atoms with Crippen LogP contribution in [-0.2, 0) is 6.42 Å². The van der Waals surface area contributed by atoms with Crippen LogP contribution in [0.15, 0.2) is 12.3 Å². The lowest BCUT2D eigenvalue weighted by Crippen LogP contribution is -2.36. The number of hydrogen-bond donors (Lipinski definition) is 1. The molecule has 1 aliphatic carbocycles. The van der Waals surface area contributed by atoms with Crippen LogP contribution in [0.2, 0.25) is 0 Å². The van der Waals surface area contributed by atoms with Gasteiger partial charge in [-0.2, -0.15) is 5.10 Å². The molecule has 1 aliphatic rings. The number of unbranched alkanes of at least 4 members (excludes halogenated alkanes) is 1. The predicted octanol–water partition coefficient (Wildman–Crippen LogP) is 3.71. The van der Waals surface area contributed by atoms with E-state index in [1.807, 2.05) is 0 Å². The topological polar surface area (TPSA) is 29.9 Å². The van der Waals surface area contributed by atoms with Crippen molar-refractivity contribution in [1.29, 1.82) is 0 Å². The van der Waals surface area contributed by atoms with Gasteiger partial charge in [0.15, 0.2) is 0 Å². The molecule has 3 nitrogen and oxygen atoms in total. The Morgan fingerprint density at radius 1 is 1.26 bits per heavy atom. The normalized spacial score (nSPS) is 17.2. The summed E-state index contributed by atoms with van der Waals surface area (Å²) < 4.78 is 2.20. The Bertz CT molecular complexity index is 370. The largest absolute Gasteiger partial charge is 0.312 e. The maximum atomic E-state index is 4.73. The van der Waals surface area contributed by atoms with Crippen LogP contribution in [0.3, 0.4) is 0 Å². The lowest BCUT2D eigenvalue weighted by Gasteiger charge is -2.20. The van der Waals surface area contributed by atoms with Crippen molar-refractivity contribution in [1.82, 2.24) is 15.1 Å². The lowest BCUT2D eigenvalue weighted by molar-refractivity contribution is 0.418. The zero-order valence-electron chi connectivity index (χ0n) is 12.8. The second-order valence-corrected chi connectivity index (χ2v) is 6.86. The fourth-order valence-electron chi connectivity index (χ4n) is 2.78. The minimum absolute atomic E-state index is 0.240. The van der Waals surface area contributed by atoms with E-state index in [2.05, 4.69) is 43.0 Å². The molecular weight excluding hydrogens is 234 g/mol. The molecule has 1 aromatic heterocycles. The van der Waals surface area contributed by atoms with E-state index >= 15 is 0 Å². The minimum atomic E-state index is 0.240. The summed E-state index contributed by atoms with van der Waals surface area (Å²) in [5, 5.41) is 8.27. The molecule has 0 aliphatic heterocycles. The summed E-state index contributed by atoms with van der Waals surface area (Å²) in [4.78, 5) is 0. The number of rotatable bonds is 6. The summed E-state index contributed by atoms with van der Waals surface area (Å²) in [6.45, 7) is 7.76. The van der Waals surface area contributed by atoms with Crippen LogP contribution in [0.1, 0.15) is 71.0 Å². The Balaban J connectivity index is 1.66. The van der Waals surface area contributed by atoms with Gasteiger partial charge in [-0.25, -0.2) is 0 Å². The van der Waals surface area contributed by atoms with Gasteiger partial charge in [0.2, 0.25) is 0 Å². The third-order valence-corrected chi connectivity index (χ3v) is 3.88. The average Bonchev–Trinajstić information content (AvgIpc) is 2.97. The first-order valence-corrected chi connectivity index (χ1v) is 7.84. The van der Waals surface area contributed by atoms with E-state index in [1.54, 1.807) is 0 Å². The van der Waals surface area contributed by atoms with Crippen molar-refractivity contribution in [2.75, 3.05) is 6.54 Å². The van der Waals surface area contributed by atoms with Gasteiger partial charge < -0.3 is 5.32 Å². The zero-order valence-corrected chi connectivity index (χ0v) is 12.8. The van der Waals surface area contributed by atoms with E-state index in [0.29, 0.717) is 6.04 Å². The molecule has 1 aromatic rings. The first kappa shape index (κ1) is 14.6. The monoisotopic (exact) mass is 263 g/mol. The molecule has 2 rings (SSSR count). The summed E-state index contributed by atoms with van der Waals surface area (Å²) >= 11 is 0. The van der Waals surface area contributed by atoms with Gasteiger partial charge in [-0.1, -0.05) is 12.8 Å². The molecule has 0 spiro atoms. The Morgan fingerprint density at radius 2 is 2.00 bits per heavy atom. The number of aryl methyl sites for hydroxylation is 1. The standard InChI is InChI=1S/C16H29N3/c1-16(2,3)17-12-7-6-8-14-11-13-19(18-14)15-9-4-5-10-15/h11,13,15,17H,4-10,12H2,1-3H3. The summed E-state index contributed by atoms with van der Waals surface area (Å²) in [6, 6.07) is 2.88. The number of nitrogens with zero attached hydrogens (tertiary/aromatic N) is 2. The molecule has 1 N–H and O–H groups in total. The quantitative estimate of drug-likeness (QED) is 0.793. The molecule has 1 fully saturated rings. The summed E-state index contributed by atoms with van der Waals surface area (Å²) in [5.74, 6) is 0. The highest BCUT2D eigenvalue weighted by Gasteiger charge is 2.17. The molecule has 108 valence electrons. The van der Waals surface area contributed by atoms with E-state index in [9.17, 15) is 0 Å². The fraction of sp³-hybridized carbons (Fsp3) is 0.812. The second-order valence-electron chi connectivity index (χ2n) is 6.86. The SMILES string of the molecule is CC(C)(C)NCCCCc1ccn(C2CCCC2)n1. The van der Waals surface area contributed by atoms with Gasteiger partial charge in [-0.15, -0.1) is 0 Å². The van der Waals surface area contributed by atoms with Crippen LogP contribution in [0, 0.1) is 0 Å². The van der Waals surface area contributed by atoms with Crippen molar-refractivity contribution in [3.05, 3.63) is 18.0 Å². The van der Waals surface area contributed by atoms with Crippen molar-refractivity contribution in [2.45, 2.75) is 77.3 Å². The van der Waals surface area contributed by atoms with Gasteiger partial charge >= 0.3 is 0 Å². The molecular formula is C16H29N3. The van der Waals surface area contributed by atoms with Gasteiger partial charge in [-0.3, -0.25) is 4.68 Å². The van der Waals surface area contributed by atoms with E-state index in [0.717, 1.165) is 13.0 Å². The van der Waals surface area contributed by atoms with Crippen LogP contribution >= 0.6 is 0 Å². The van der Waals surface area contributed by atoms with Crippen molar-refractivity contribution in [3.8, 4) is 0 Å². The van der Waals surface area contributed by atoms with Crippen LogP contribution in [0.4, 0.5) is 0 Å². The number of hydrogen-bond acceptors (Lipinski definition) is 2. The third-order valence-electron chi connectivity index (χ3n) is 3.88. The van der Waals surface area contributed by atoms with Crippen molar-refractivity contribution in [2.24, 2.45) is 0 Å². The third kappa shape index (κ3) is 4.98. The molecule has 1 heterocycles. The fourth-order valence-corrected chi connectivity index (χ4v) is 2.78. The Hall–Kier alpha value is -0.830. The molecule has 0 bridgehead atoms. The molecule has 0 radical (unpaired) electrons. The smallest absolute Gasteiger partial charge is 0.0624 e. The van der Waals surface area contributed by atoms with Crippen molar-refractivity contribution < 1.29 is 0 Å². The number of nitrogens with one attached hydrogen (secondary N) is 1.